The summed E-state index contributed by atoms with van der Waals surface area (Å²) in [7, 11) is 0. The van der Waals surface area contributed by atoms with Crippen LogP contribution in [0.1, 0.15) is 20.3 Å². The molecule has 0 saturated heterocycles. The van der Waals surface area contributed by atoms with Crippen LogP contribution in [0.5, 0.6) is 0 Å². The number of allylic oxidation sites excluding steroid dienone is 1. The third-order valence-electron chi connectivity index (χ3n) is 2.06. The monoisotopic (exact) mass is 284 g/mol. The predicted molar refractivity (Wildman–Crippen MR) is 66.9 cm³/mol. The maximum absolute atomic E-state index is 11.4. The van der Waals surface area contributed by atoms with E-state index in [1.807, 2.05) is 25.1 Å². The fraction of sp³-hybridized carbons (Fsp3) is 0.308. The molecule has 0 saturated carbocycles. The molecule has 1 aromatic rings. The van der Waals surface area contributed by atoms with E-state index >= 15 is 0 Å². The Kier molecular flexibility index (Phi) is 5.47. The molecule has 86 valence electrons. The van der Waals surface area contributed by atoms with Gasteiger partial charge in [0.25, 0.3) is 0 Å². The maximum atomic E-state index is 11.4. The van der Waals surface area contributed by atoms with E-state index in [1.54, 1.807) is 6.08 Å². The second kappa shape index (κ2) is 6.64. The molecule has 1 rings (SSSR count). The zero-order valence-electron chi connectivity index (χ0n) is 9.51. The van der Waals surface area contributed by atoms with Crippen LogP contribution in [0.2, 0.25) is 0 Å². The Balaban J connectivity index is 2.73. The number of aliphatic hydroxyl groups is 1. The van der Waals surface area contributed by atoms with Crippen molar-refractivity contribution >= 4 is 25.2 Å². The molecule has 1 N–H and O–H groups in total. The minimum atomic E-state index is -0.895. The molecule has 1 atom stereocenters. The van der Waals surface area contributed by atoms with Crippen molar-refractivity contribution in [1.29, 1.82) is 0 Å². The number of rotatable bonds is 5. The Bertz CT molecular complexity index is 369. The van der Waals surface area contributed by atoms with Crippen LogP contribution in [0.4, 0.5) is 0 Å². The number of aliphatic hydroxyl groups excluding tert-OH is 1. The quantitative estimate of drug-likeness (QED) is 0.652. The Morgan fingerprint density at radius 2 is 2.06 bits per heavy atom. The van der Waals surface area contributed by atoms with Gasteiger partial charge in [0.1, 0.15) is 0 Å². The third-order valence-corrected chi connectivity index (χ3v) is 4.52. The van der Waals surface area contributed by atoms with Crippen molar-refractivity contribution in [3.8, 4) is 0 Å². The number of benzene rings is 1. The molecule has 0 heterocycles. The van der Waals surface area contributed by atoms with Gasteiger partial charge in [0.2, 0.25) is 0 Å². The van der Waals surface area contributed by atoms with Crippen LogP contribution in [0, 0.1) is 0 Å². The summed E-state index contributed by atoms with van der Waals surface area (Å²) in [5.74, 6) is -0.199. The summed E-state index contributed by atoms with van der Waals surface area (Å²) in [5.41, 5.74) is 0. The molecule has 2 nitrogen and oxygen atoms in total. The fourth-order valence-corrected chi connectivity index (χ4v) is 3.04. The molecule has 0 aromatic heterocycles. The Morgan fingerprint density at radius 1 is 1.44 bits per heavy atom. The van der Waals surface area contributed by atoms with Gasteiger partial charge in [-0.2, -0.15) is 0 Å². The minimum absolute atomic E-state index is 0.181. The standard InChI is InChI=1S/C13H16O2Se/c1-3-11(9-13(15)10(2)14)16-12-7-5-4-6-8-12/h4-10,14H,3H2,1-2H3/b11-9-. The molecule has 0 radical (unpaired) electrons. The van der Waals surface area contributed by atoms with Crippen LogP contribution in [0.3, 0.4) is 0 Å². The van der Waals surface area contributed by atoms with E-state index in [0.717, 1.165) is 10.9 Å². The van der Waals surface area contributed by atoms with Crippen LogP contribution in [-0.2, 0) is 4.79 Å². The number of carbonyl (C=O) groups excluding carboxylic acids is 1. The van der Waals surface area contributed by atoms with Gasteiger partial charge >= 0.3 is 102 Å². The van der Waals surface area contributed by atoms with E-state index < -0.39 is 6.10 Å². The summed E-state index contributed by atoms with van der Waals surface area (Å²) < 4.78 is 2.37. The predicted octanol–water partition coefficient (Wildman–Crippen LogP) is 1.26. The number of ketones is 1. The first-order valence-corrected chi connectivity index (χ1v) is 7.00. The van der Waals surface area contributed by atoms with Crippen LogP contribution in [-0.4, -0.2) is 32.0 Å². The molecule has 0 amide bonds. The summed E-state index contributed by atoms with van der Waals surface area (Å²) in [6.07, 6.45) is 1.55. The van der Waals surface area contributed by atoms with Gasteiger partial charge in [-0.05, 0) is 0 Å². The normalized spacial score (nSPS) is 13.6. The molecular weight excluding hydrogens is 267 g/mol. The van der Waals surface area contributed by atoms with Gasteiger partial charge in [-0.3, -0.25) is 0 Å². The van der Waals surface area contributed by atoms with E-state index in [4.69, 9.17) is 5.11 Å². The van der Waals surface area contributed by atoms with Gasteiger partial charge in [0.05, 0.1) is 0 Å². The zero-order valence-corrected chi connectivity index (χ0v) is 11.2. The second-order valence-corrected chi connectivity index (χ2v) is 5.98. The molecule has 1 aromatic carbocycles. The van der Waals surface area contributed by atoms with Gasteiger partial charge in [-0.25, -0.2) is 0 Å². The van der Waals surface area contributed by atoms with E-state index in [-0.39, 0.29) is 20.7 Å². The van der Waals surface area contributed by atoms with Gasteiger partial charge in [0.15, 0.2) is 0 Å². The molecule has 0 aliphatic rings. The first-order chi connectivity index (χ1) is 7.63. The van der Waals surface area contributed by atoms with Crippen molar-refractivity contribution < 1.29 is 9.90 Å². The van der Waals surface area contributed by atoms with Crippen molar-refractivity contribution in [1.82, 2.24) is 0 Å². The number of hydrogen-bond acceptors (Lipinski definition) is 2. The first kappa shape index (κ1) is 13.2. The molecule has 1 unspecified atom stereocenters. The van der Waals surface area contributed by atoms with Crippen molar-refractivity contribution in [3.05, 3.63) is 40.9 Å². The molecule has 0 bridgehead atoms. The average Bonchev–Trinajstić information content (AvgIpc) is 2.29. The van der Waals surface area contributed by atoms with Crippen LogP contribution >= 0.6 is 0 Å². The summed E-state index contributed by atoms with van der Waals surface area (Å²) in [5, 5.41) is 9.14. The van der Waals surface area contributed by atoms with E-state index in [2.05, 4.69) is 12.1 Å². The van der Waals surface area contributed by atoms with E-state index in [1.165, 1.54) is 11.4 Å². The summed E-state index contributed by atoms with van der Waals surface area (Å²) in [6.45, 7) is 3.54. The van der Waals surface area contributed by atoms with Crippen molar-refractivity contribution in [2.45, 2.75) is 26.4 Å². The van der Waals surface area contributed by atoms with Crippen molar-refractivity contribution in [3.63, 3.8) is 0 Å². The molecule has 0 aliphatic carbocycles. The van der Waals surface area contributed by atoms with Gasteiger partial charge in [0, 0.05) is 0 Å². The van der Waals surface area contributed by atoms with Crippen molar-refractivity contribution in [2.24, 2.45) is 0 Å². The Hall–Kier alpha value is -0.891. The summed E-state index contributed by atoms with van der Waals surface area (Å²) in [4.78, 5) is 11.4. The second-order valence-electron chi connectivity index (χ2n) is 3.46. The van der Waals surface area contributed by atoms with Gasteiger partial charge in [-0.15, -0.1) is 0 Å². The van der Waals surface area contributed by atoms with Crippen molar-refractivity contribution in [2.75, 3.05) is 0 Å². The van der Waals surface area contributed by atoms with Crippen LogP contribution < -0.4 is 4.46 Å². The average molecular weight is 283 g/mol. The molecular formula is C13H16O2Se. The Morgan fingerprint density at radius 3 is 2.56 bits per heavy atom. The van der Waals surface area contributed by atoms with E-state index in [9.17, 15) is 4.79 Å². The molecule has 3 heteroatoms. The fourth-order valence-electron chi connectivity index (χ4n) is 1.12. The molecule has 16 heavy (non-hydrogen) atoms. The van der Waals surface area contributed by atoms with Gasteiger partial charge in [-0.1, -0.05) is 0 Å². The first-order valence-electron chi connectivity index (χ1n) is 5.29. The van der Waals surface area contributed by atoms with Gasteiger partial charge < -0.3 is 0 Å². The van der Waals surface area contributed by atoms with E-state index in [0.29, 0.717) is 0 Å². The third kappa shape index (κ3) is 4.31. The summed E-state index contributed by atoms with van der Waals surface area (Å²) >= 11 is 0.181. The number of hydrogen-bond donors (Lipinski definition) is 1. The molecule has 0 spiro atoms. The Labute approximate surface area is 103 Å². The number of carbonyl (C=O) groups is 1. The molecule has 0 fully saturated rings. The van der Waals surface area contributed by atoms with Crippen LogP contribution in [0.15, 0.2) is 40.9 Å². The SMILES string of the molecule is CC/C(=C/C(=O)C(C)O)[Se]c1ccccc1. The molecule has 0 aliphatic heterocycles. The summed E-state index contributed by atoms with van der Waals surface area (Å²) in [6, 6.07) is 10.1. The zero-order chi connectivity index (χ0) is 12.0. The van der Waals surface area contributed by atoms with Crippen LogP contribution in [0.25, 0.3) is 0 Å². The topological polar surface area (TPSA) is 37.3 Å².